The van der Waals surface area contributed by atoms with Crippen molar-refractivity contribution in [2.75, 3.05) is 11.4 Å². The van der Waals surface area contributed by atoms with Crippen LogP contribution in [-0.4, -0.2) is 17.7 Å². The summed E-state index contributed by atoms with van der Waals surface area (Å²) in [5.74, 6) is 0.766. The zero-order valence-electron chi connectivity index (χ0n) is 10.5. The van der Waals surface area contributed by atoms with Gasteiger partial charge < -0.3 is 10.0 Å². The molecule has 3 heteroatoms. The number of piperidine rings is 1. The van der Waals surface area contributed by atoms with Crippen molar-refractivity contribution >= 4 is 21.6 Å². The highest BCUT2D eigenvalue weighted by Gasteiger charge is 2.23. The van der Waals surface area contributed by atoms with Crippen molar-refractivity contribution in [3.05, 3.63) is 28.2 Å². The van der Waals surface area contributed by atoms with E-state index >= 15 is 0 Å². The Balaban J connectivity index is 2.23. The van der Waals surface area contributed by atoms with Crippen LogP contribution in [-0.2, 0) is 6.61 Å². The summed E-state index contributed by atoms with van der Waals surface area (Å²) in [7, 11) is 0. The van der Waals surface area contributed by atoms with Crippen molar-refractivity contribution < 1.29 is 5.11 Å². The minimum Gasteiger partial charge on any atom is -0.392 e. The van der Waals surface area contributed by atoms with E-state index in [1.165, 1.54) is 18.5 Å². The Labute approximate surface area is 112 Å². The third-order valence-corrected chi connectivity index (χ3v) is 4.39. The molecule has 0 spiro atoms. The maximum atomic E-state index is 9.17. The summed E-state index contributed by atoms with van der Waals surface area (Å²) in [6.07, 6.45) is 2.59. The summed E-state index contributed by atoms with van der Waals surface area (Å²) in [6, 6.07) is 6.86. The lowest BCUT2D eigenvalue weighted by Crippen LogP contribution is -2.41. The number of halogens is 1. The number of aliphatic hydroxyl groups is 1. The minimum absolute atomic E-state index is 0.0901. The molecule has 0 bridgehead atoms. The Hall–Kier alpha value is -0.540. The van der Waals surface area contributed by atoms with Crippen LogP contribution in [0.5, 0.6) is 0 Å². The number of anilines is 1. The first kappa shape index (κ1) is 12.9. The zero-order valence-corrected chi connectivity index (χ0v) is 12.1. The van der Waals surface area contributed by atoms with E-state index in [1.54, 1.807) is 0 Å². The molecule has 1 saturated heterocycles. The van der Waals surface area contributed by atoms with Gasteiger partial charge in [0.15, 0.2) is 0 Å². The van der Waals surface area contributed by atoms with E-state index in [2.05, 4.69) is 46.8 Å². The van der Waals surface area contributed by atoms with Crippen LogP contribution < -0.4 is 4.90 Å². The van der Waals surface area contributed by atoms with Crippen LogP contribution in [0.1, 0.15) is 32.3 Å². The molecule has 2 nitrogen and oxygen atoms in total. The van der Waals surface area contributed by atoms with Gasteiger partial charge in [-0.25, -0.2) is 0 Å². The van der Waals surface area contributed by atoms with Gasteiger partial charge in [0.05, 0.1) is 6.61 Å². The molecule has 2 unspecified atom stereocenters. The van der Waals surface area contributed by atoms with Gasteiger partial charge in [-0.1, -0.05) is 28.9 Å². The Bertz CT molecular complexity index is 394. The third-order valence-electron chi connectivity index (χ3n) is 3.66. The Kier molecular flexibility index (Phi) is 4.10. The summed E-state index contributed by atoms with van der Waals surface area (Å²) in [6.45, 7) is 5.83. The van der Waals surface area contributed by atoms with Crippen molar-refractivity contribution in [3.63, 3.8) is 0 Å². The molecule has 1 aromatic rings. The van der Waals surface area contributed by atoms with Crippen LogP contribution >= 0.6 is 15.9 Å². The highest BCUT2D eigenvalue weighted by atomic mass is 79.9. The zero-order chi connectivity index (χ0) is 12.4. The lowest BCUT2D eigenvalue weighted by atomic mass is 9.94. The molecule has 0 saturated carbocycles. The molecule has 1 heterocycles. The van der Waals surface area contributed by atoms with Crippen LogP contribution in [0.4, 0.5) is 5.69 Å². The Morgan fingerprint density at radius 3 is 2.76 bits per heavy atom. The number of aliphatic hydroxyl groups excluding tert-OH is 1. The molecular weight excluding hydrogens is 278 g/mol. The van der Waals surface area contributed by atoms with Crippen molar-refractivity contribution in [1.82, 2.24) is 0 Å². The average molecular weight is 298 g/mol. The minimum atomic E-state index is 0.0901. The summed E-state index contributed by atoms with van der Waals surface area (Å²) < 4.78 is 1.00. The lowest BCUT2D eigenvalue weighted by molar-refractivity contribution is 0.281. The topological polar surface area (TPSA) is 23.5 Å². The fraction of sp³-hybridized carbons (Fsp3) is 0.571. The van der Waals surface area contributed by atoms with E-state index in [9.17, 15) is 5.11 Å². The molecule has 1 fully saturated rings. The number of hydrogen-bond acceptors (Lipinski definition) is 2. The molecule has 0 aliphatic carbocycles. The second kappa shape index (κ2) is 5.40. The average Bonchev–Trinajstić information content (AvgIpc) is 2.32. The predicted octanol–water partition coefficient (Wildman–Crippen LogP) is 3.57. The number of benzene rings is 1. The first-order valence-corrected chi connectivity index (χ1v) is 7.07. The van der Waals surface area contributed by atoms with Gasteiger partial charge in [-0.3, -0.25) is 0 Å². The monoisotopic (exact) mass is 297 g/mol. The third kappa shape index (κ3) is 2.83. The first-order valence-electron chi connectivity index (χ1n) is 6.27. The number of rotatable bonds is 2. The fourth-order valence-corrected chi connectivity index (χ4v) is 2.98. The predicted molar refractivity (Wildman–Crippen MR) is 75.3 cm³/mol. The molecule has 1 aliphatic heterocycles. The van der Waals surface area contributed by atoms with Gasteiger partial charge in [0.2, 0.25) is 0 Å². The largest absolute Gasteiger partial charge is 0.392 e. The van der Waals surface area contributed by atoms with Crippen molar-refractivity contribution in [2.24, 2.45) is 5.92 Å². The molecule has 1 aliphatic rings. The van der Waals surface area contributed by atoms with Gasteiger partial charge in [0.25, 0.3) is 0 Å². The summed E-state index contributed by atoms with van der Waals surface area (Å²) in [5.41, 5.74) is 2.21. The van der Waals surface area contributed by atoms with E-state index in [4.69, 9.17) is 0 Å². The normalized spacial score (nSPS) is 25.1. The smallest absolute Gasteiger partial charge is 0.0692 e. The van der Waals surface area contributed by atoms with E-state index in [0.29, 0.717) is 6.04 Å². The highest BCUT2D eigenvalue weighted by molar-refractivity contribution is 9.10. The van der Waals surface area contributed by atoms with Gasteiger partial charge in [-0.2, -0.15) is 0 Å². The van der Waals surface area contributed by atoms with Gasteiger partial charge in [0, 0.05) is 22.7 Å². The molecular formula is C14H20BrNO. The molecule has 1 N–H and O–H groups in total. The van der Waals surface area contributed by atoms with E-state index in [-0.39, 0.29) is 6.61 Å². The van der Waals surface area contributed by atoms with E-state index < -0.39 is 0 Å². The fourth-order valence-electron chi connectivity index (χ4n) is 2.49. The summed E-state index contributed by atoms with van der Waals surface area (Å²) in [5, 5.41) is 9.17. The Morgan fingerprint density at radius 2 is 2.12 bits per heavy atom. The van der Waals surface area contributed by atoms with Gasteiger partial charge in [-0.15, -0.1) is 0 Å². The molecule has 94 valence electrons. The maximum absolute atomic E-state index is 9.17. The standard InChI is InChI=1S/C14H20BrNO/c1-10-3-4-11(2)16(8-10)13-6-5-12(9-17)14(15)7-13/h5-7,10-11,17H,3-4,8-9H2,1-2H3. The second-order valence-electron chi connectivity index (χ2n) is 5.12. The van der Waals surface area contributed by atoms with Gasteiger partial charge >= 0.3 is 0 Å². The van der Waals surface area contributed by atoms with Crippen molar-refractivity contribution in [2.45, 2.75) is 39.3 Å². The molecule has 0 amide bonds. The molecule has 17 heavy (non-hydrogen) atoms. The van der Waals surface area contributed by atoms with E-state index in [1.807, 2.05) is 6.07 Å². The molecule has 0 aromatic heterocycles. The first-order chi connectivity index (χ1) is 8.11. The SMILES string of the molecule is CC1CCC(C)N(c2ccc(CO)c(Br)c2)C1. The molecule has 2 atom stereocenters. The van der Waals surface area contributed by atoms with Crippen LogP contribution in [0.15, 0.2) is 22.7 Å². The van der Waals surface area contributed by atoms with Crippen LogP contribution in [0.25, 0.3) is 0 Å². The number of hydrogen-bond donors (Lipinski definition) is 1. The molecule has 0 radical (unpaired) electrons. The van der Waals surface area contributed by atoms with Crippen molar-refractivity contribution in [1.29, 1.82) is 0 Å². The summed E-state index contributed by atoms with van der Waals surface area (Å²) in [4.78, 5) is 2.47. The van der Waals surface area contributed by atoms with Crippen LogP contribution in [0.2, 0.25) is 0 Å². The maximum Gasteiger partial charge on any atom is 0.0692 e. The summed E-state index contributed by atoms with van der Waals surface area (Å²) >= 11 is 3.52. The van der Waals surface area contributed by atoms with Crippen LogP contribution in [0.3, 0.4) is 0 Å². The van der Waals surface area contributed by atoms with Crippen LogP contribution in [0, 0.1) is 5.92 Å². The second-order valence-corrected chi connectivity index (χ2v) is 5.97. The number of nitrogens with zero attached hydrogens (tertiary/aromatic N) is 1. The van der Waals surface area contributed by atoms with Gasteiger partial charge in [0.1, 0.15) is 0 Å². The quantitative estimate of drug-likeness (QED) is 0.902. The van der Waals surface area contributed by atoms with Gasteiger partial charge in [-0.05, 0) is 43.4 Å². The molecule has 2 rings (SSSR count). The molecule has 1 aromatic carbocycles. The van der Waals surface area contributed by atoms with E-state index in [0.717, 1.165) is 22.5 Å². The lowest BCUT2D eigenvalue weighted by Gasteiger charge is -2.38. The highest BCUT2D eigenvalue weighted by Crippen LogP contribution is 2.30. The Morgan fingerprint density at radius 1 is 1.35 bits per heavy atom. The van der Waals surface area contributed by atoms with Crippen molar-refractivity contribution in [3.8, 4) is 0 Å².